The highest BCUT2D eigenvalue weighted by molar-refractivity contribution is 4.79. The van der Waals surface area contributed by atoms with Gasteiger partial charge in [0, 0.05) is 25.9 Å². The third kappa shape index (κ3) is 18.9. The molecule has 1 aliphatic rings. The van der Waals surface area contributed by atoms with Crippen molar-refractivity contribution in [2.45, 2.75) is 176 Å². The molecule has 5 heteroatoms. The molecule has 1 rings (SSSR count). The Morgan fingerprint density at radius 3 is 1.85 bits per heavy atom. The van der Waals surface area contributed by atoms with E-state index in [1.54, 1.807) is 0 Å². The Morgan fingerprint density at radius 2 is 1.29 bits per heavy atom. The van der Waals surface area contributed by atoms with Crippen LogP contribution in [0.5, 0.6) is 0 Å². The maximum absolute atomic E-state index is 2.66. The summed E-state index contributed by atoms with van der Waals surface area (Å²) in [6, 6.07) is 2.25. The van der Waals surface area contributed by atoms with E-state index in [4.69, 9.17) is 0 Å². The molecule has 0 aromatic carbocycles. The average Bonchev–Trinajstić information content (AvgIpc) is 3.20. The highest BCUT2D eigenvalue weighted by atomic mass is 15.8. The Labute approximate surface area is 304 Å². The maximum Gasteiger partial charge on any atom is 0.128 e. The lowest BCUT2D eigenvalue weighted by Gasteiger charge is -2.41. The highest BCUT2D eigenvalue weighted by Crippen LogP contribution is 2.35. The van der Waals surface area contributed by atoms with Gasteiger partial charge in [0.25, 0.3) is 0 Å². The summed E-state index contributed by atoms with van der Waals surface area (Å²) in [7, 11) is 21.6. The minimum atomic E-state index is 0.391. The van der Waals surface area contributed by atoms with Crippen LogP contribution in [-0.4, -0.2) is 131 Å². The van der Waals surface area contributed by atoms with Crippen LogP contribution >= 0.6 is 0 Å². The molecule has 5 nitrogen and oxygen atoms in total. The Bertz CT molecular complexity index is 858. The SMILES string of the molecule is CN(C)C(CCCC(CCC(C)(C)C)[N+](C)(C)CC[N+](C)(C)C)CC(C)(C)CCCC[N+]1(C)C(CCCCCCC(C)(C)C)CCN1C. The zero-order valence-electron chi connectivity index (χ0n) is 36.6. The molecule has 0 radical (unpaired) electrons. The zero-order valence-corrected chi connectivity index (χ0v) is 36.6. The van der Waals surface area contributed by atoms with E-state index in [2.05, 4.69) is 129 Å². The first-order valence-electron chi connectivity index (χ1n) is 20.6. The zero-order chi connectivity index (χ0) is 37.0. The Kier molecular flexibility index (Phi) is 18.7. The first-order chi connectivity index (χ1) is 21.8. The summed E-state index contributed by atoms with van der Waals surface area (Å²) >= 11 is 0. The van der Waals surface area contributed by atoms with Crippen LogP contribution in [0.3, 0.4) is 0 Å². The van der Waals surface area contributed by atoms with Gasteiger partial charge in [-0.15, -0.1) is 0 Å². The molecule has 48 heavy (non-hydrogen) atoms. The fourth-order valence-corrected chi connectivity index (χ4v) is 8.38. The molecule has 288 valence electrons. The predicted octanol–water partition coefficient (Wildman–Crippen LogP) is 10.1. The van der Waals surface area contributed by atoms with Crippen molar-refractivity contribution in [1.82, 2.24) is 9.91 Å². The smallest absolute Gasteiger partial charge is 0.128 e. The summed E-state index contributed by atoms with van der Waals surface area (Å²) in [4.78, 5) is 2.54. The number of likely N-dealkylation sites (N-methyl/N-ethyl adjacent to an activating group) is 2. The average molecular weight is 681 g/mol. The van der Waals surface area contributed by atoms with Crippen LogP contribution in [0, 0.1) is 16.2 Å². The van der Waals surface area contributed by atoms with Crippen molar-refractivity contribution in [3.63, 3.8) is 0 Å². The van der Waals surface area contributed by atoms with Gasteiger partial charge in [-0.2, -0.15) is 5.01 Å². The molecule has 1 heterocycles. The van der Waals surface area contributed by atoms with Gasteiger partial charge in [0.1, 0.15) is 19.1 Å². The molecule has 0 amide bonds. The van der Waals surface area contributed by atoms with Crippen LogP contribution in [0.25, 0.3) is 0 Å². The van der Waals surface area contributed by atoms with Crippen LogP contribution in [0.15, 0.2) is 0 Å². The van der Waals surface area contributed by atoms with E-state index in [0.717, 1.165) is 21.0 Å². The molecule has 0 aliphatic carbocycles. The van der Waals surface area contributed by atoms with Crippen LogP contribution in [0.2, 0.25) is 0 Å². The molecule has 0 bridgehead atoms. The molecule has 0 aromatic heterocycles. The van der Waals surface area contributed by atoms with Crippen molar-refractivity contribution < 1.29 is 13.6 Å². The summed E-state index contributed by atoms with van der Waals surface area (Å²) in [5.41, 5.74) is 1.29. The summed E-state index contributed by atoms with van der Waals surface area (Å²) in [6.07, 6.45) is 21.9. The summed E-state index contributed by atoms with van der Waals surface area (Å²) in [6.45, 7) is 24.6. The van der Waals surface area contributed by atoms with Crippen molar-refractivity contribution in [2.24, 2.45) is 16.2 Å². The Morgan fingerprint density at radius 1 is 0.708 bits per heavy atom. The van der Waals surface area contributed by atoms with E-state index in [1.807, 2.05) is 0 Å². The number of nitrogens with zero attached hydrogens (tertiary/aromatic N) is 5. The molecule has 0 N–H and O–H groups in total. The van der Waals surface area contributed by atoms with Gasteiger partial charge in [-0.05, 0) is 101 Å². The van der Waals surface area contributed by atoms with Crippen molar-refractivity contribution in [3.8, 4) is 0 Å². The molecule has 0 spiro atoms. The first-order valence-corrected chi connectivity index (χ1v) is 20.6. The Hall–Kier alpha value is -0.200. The van der Waals surface area contributed by atoms with E-state index in [1.165, 1.54) is 134 Å². The van der Waals surface area contributed by atoms with E-state index >= 15 is 0 Å². The molecule has 1 fully saturated rings. The Balaban J connectivity index is 2.64. The number of quaternary nitrogens is 3. The lowest BCUT2D eigenvalue weighted by Crippen LogP contribution is -2.56. The molecule has 1 aliphatic heterocycles. The molecule has 0 aromatic rings. The summed E-state index contributed by atoms with van der Waals surface area (Å²) in [5, 5.41) is 2.66. The number of rotatable bonds is 24. The number of hydrogen-bond donors (Lipinski definition) is 0. The molecular weight excluding hydrogens is 587 g/mol. The fourth-order valence-electron chi connectivity index (χ4n) is 8.38. The summed E-state index contributed by atoms with van der Waals surface area (Å²) < 4.78 is 3.40. The second-order valence-electron chi connectivity index (χ2n) is 21.9. The van der Waals surface area contributed by atoms with Crippen LogP contribution in [0.4, 0.5) is 0 Å². The minimum absolute atomic E-state index is 0.391. The third-order valence-corrected chi connectivity index (χ3v) is 12.4. The van der Waals surface area contributed by atoms with Crippen molar-refractivity contribution in [2.75, 3.05) is 89.6 Å². The van der Waals surface area contributed by atoms with E-state index < -0.39 is 0 Å². The lowest BCUT2D eigenvalue weighted by atomic mass is 9.79. The van der Waals surface area contributed by atoms with Gasteiger partial charge in [-0.25, -0.2) is 4.59 Å². The van der Waals surface area contributed by atoms with Gasteiger partial charge >= 0.3 is 0 Å². The summed E-state index contributed by atoms with van der Waals surface area (Å²) in [5.74, 6) is 0. The van der Waals surface area contributed by atoms with Crippen molar-refractivity contribution in [3.05, 3.63) is 0 Å². The van der Waals surface area contributed by atoms with Gasteiger partial charge in [-0.1, -0.05) is 74.7 Å². The van der Waals surface area contributed by atoms with Crippen LogP contribution < -0.4 is 0 Å². The quantitative estimate of drug-likeness (QED) is 0.0740. The third-order valence-electron chi connectivity index (χ3n) is 12.4. The minimum Gasteiger partial charge on any atom is -0.326 e. The van der Waals surface area contributed by atoms with E-state index in [9.17, 15) is 0 Å². The van der Waals surface area contributed by atoms with E-state index in [-0.39, 0.29) is 0 Å². The number of hydrogen-bond acceptors (Lipinski definition) is 2. The largest absolute Gasteiger partial charge is 0.326 e. The molecule has 4 atom stereocenters. The topological polar surface area (TPSA) is 6.48 Å². The van der Waals surface area contributed by atoms with E-state index in [0.29, 0.717) is 22.3 Å². The van der Waals surface area contributed by atoms with Gasteiger partial charge in [-0.3, -0.25) is 0 Å². The number of unbranched alkanes of at least 4 members (excludes halogenated alkanes) is 4. The van der Waals surface area contributed by atoms with Crippen molar-refractivity contribution >= 4 is 0 Å². The highest BCUT2D eigenvalue weighted by Gasteiger charge is 2.42. The molecular formula is C43H94N5+3. The monoisotopic (exact) mass is 681 g/mol. The maximum atomic E-state index is 2.66. The normalized spacial score (nSPS) is 21.8. The second kappa shape index (κ2) is 19.6. The fraction of sp³-hybridized carbons (Fsp3) is 1.00. The van der Waals surface area contributed by atoms with Crippen LogP contribution in [0.1, 0.15) is 158 Å². The molecule has 0 saturated carbocycles. The standard InChI is InChI=1S/C43H94N5/c1-41(2,3)30-21-19-18-20-26-40-29-33-45(11)48(40,17)34-23-22-31-43(7,8)37-38(44(9)10)25-24-27-39(28-32-42(4,5)6)47(15,16)36-35-46(12,13)14/h38-40H,18-37H2,1-17H3/q+3. The van der Waals surface area contributed by atoms with Crippen molar-refractivity contribution in [1.29, 1.82) is 0 Å². The molecule has 1 saturated heterocycles. The predicted molar refractivity (Wildman–Crippen MR) is 215 cm³/mol. The van der Waals surface area contributed by atoms with Gasteiger partial charge < -0.3 is 13.9 Å². The molecule has 4 unspecified atom stereocenters. The lowest BCUT2D eigenvalue weighted by molar-refractivity contribution is -1.02. The van der Waals surface area contributed by atoms with Gasteiger partial charge in [0.15, 0.2) is 0 Å². The second-order valence-corrected chi connectivity index (χ2v) is 21.9. The first kappa shape index (κ1) is 45.8. The van der Waals surface area contributed by atoms with Gasteiger partial charge in [0.05, 0.1) is 61.4 Å². The van der Waals surface area contributed by atoms with Gasteiger partial charge in [0.2, 0.25) is 0 Å². The van der Waals surface area contributed by atoms with Crippen LogP contribution in [-0.2, 0) is 0 Å².